The van der Waals surface area contributed by atoms with Crippen molar-refractivity contribution in [3.8, 4) is 0 Å². The van der Waals surface area contributed by atoms with Crippen LogP contribution in [0.25, 0.3) is 0 Å². The molecule has 0 saturated carbocycles. The molecule has 102 valence electrons. The average Bonchev–Trinajstić information content (AvgIpc) is 2.81. The maximum Gasteiger partial charge on any atom is 0.0521 e. The van der Waals surface area contributed by atoms with E-state index in [9.17, 15) is 0 Å². The predicted octanol–water partition coefficient (Wildman–Crippen LogP) is 5.61. The fraction of sp³-hybridized carbons (Fsp3) is 0.286. The third-order valence-corrected chi connectivity index (χ3v) is 5.93. The Balaban J connectivity index is 2.04. The SMILES string of the molecule is CCNC(CSc1cccc(Cl)c1)c1sccc1Br. The van der Waals surface area contributed by atoms with Gasteiger partial charge in [-0.1, -0.05) is 24.6 Å². The molecule has 19 heavy (non-hydrogen) atoms. The second-order valence-corrected chi connectivity index (χ2v) is 7.34. The summed E-state index contributed by atoms with van der Waals surface area (Å²) in [5.74, 6) is 0.993. The summed E-state index contributed by atoms with van der Waals surface area (Å²) in [5.41, 5.74) is 0. The summed E-state index contributed by atoms with van der Waals surface area (Å²) < 4.78 is 1.19. The number of thiophene rings is 1. The van der Waals surface area contributed by atoms with Crippen molar-refractivity contribution in [2.75, 3.05) is 12.3 Å². The lowest BCUT2D eigenvalue weighted by Gasteiger charge is -2.17. The largest absolute Gasteiger partial charge is 0.309 e. The fourth-order valence-corrected chi connectivity index (χ4v) is 4.88. The van der Waals surface area contributed by atoms with Crippen LogP contribution in [0.2, 0.25) is 5.02 Å². The minimum absolute atomic E-state index is 0.364. The first-order chi connectivity index (χ1) is 9.20. The van der Waals surface area contributed by atoms with E-state index in [2.05, 4.69) is 45.7 Å². The van der Waals surface area contributed by atoms with Crippen molar-refractivity contribution in [1.29, 1.82) is 0 Å². The standard InChI is InChI=1S/C14H15BrClNS2/c1-2-17-13(14-12(15)6-7-18-14)9-19-11-5-3-4-10(16)8-11/h3-8,13,17H,2,9H2,1H3. The molecule has 0 aliphatic rings. The summed E-state index contributed by atoms with van der Waals surface area (Å²) in [6.45, 7) is 3.10. The van der Waals surface area contributed by atoms with Crippen LogP contribution in [0.5, 0.6) is 0 Å². The highest BCUT2D eigenvalue weighted by atomic mass is 79.9. The Morgan fingerprint density at radius 3 is 2.89 bits per heavy atom. The molecule has 1 aromatic carbocycles. The number of nitrogens with one attached hydrogen (secondary N) is 1. The fourth-order valence-electron chi connectivity index (χ4n) is 1.76. The van der Waals surface area contributed by atoms with Crippen LogP contribution in [0.1, 0.15) is 17.8 Å². The van der Waals surface area contributed by atoms with Crippen molar-refractivity contribution >= 4 is 50.6 Å². The lowest BCUT2D eigenvalue weighted by atomic mass is 10.3. The Labute approximate surface area is 135 Å². The third kappa shape index (κ3) is 4.50. The molecule has 0 aliphatic carbocycles. The molecule has 1 heterocycles. The summed E-state index contributed by atoms with van der Waals surface area (Å²) in [5, 5.41) is 6.45. The summed E-state index contributed by atoms with van der Waals surface area (Å²) in [4.78, 5) is 2.57. The Morgan fingerprint density at radius 2 is 2.26 bits per heavy atom. The van der Waals surface area contributed by atoms with Crippen LogP contribution >= 0.6 is 50.6 Å². The van der Waals surface area contributed by atoms with Crippen LogP contribution in [-0.4, -0.2) is 12.3 Å². The van der Waals surface area contributed by atoms with Crippen LogP contribution in [0, 0.1) is 0 Å². The summed E-state index contributed by atoms with van der Waals surface area (Å²) in [6, 6.07) is 10.5. The van der Waals surface area contributed by atoms with Gasteiger partial charge in [0.05, 0.1) is 6.04 Å². The van der Waals surface area contributed by atoms with Crippen LogP contribution in [-0.2, 0) is 0 Å². The molecule has 2 aromatic rings. The minimum Gasteiger partial charge on any atom is -0.309 e. The van der Waals surface area contributed by atoms with Gasteiger partial charge in [0.15, 0.2) is 0 Å². The van der Waals surface area contributed by atoms with E-state index >= 15 is 0 Å². The first kappa shape index (κ1) is 15.4. The zero-order valence-electron chi connectivity index (χ0n) is 10.5. The van der Waals surface area contributed by atoms with Gasteiger partial charge in [0.2, 0.25) is 0 Å². The minimum atomic E-state index is 0.364. The molecule has 1 atom stereocenters. The Kier molecular flexibility index (Phi) is 6.23. The number of halogens is 2. The molecule has 1 unspecified atom stereocenters. The number of hydrogen-bond donors (Lipinski definition) is 1. The molecule has 2 rings (SSSR count). The van der Waals surface area contributed by atoms with E-state index in [1.54, 1.807) is 11.3 Å². The van der Waals surface area contributed by atoms with E-state index in [-0.39, 0.29) is 0 Å². The van der Waals surface area contributed by atoms with Crippen molar-refractivity contribution in [2.45, 2.75) is 17.9 Å². The lowest BCUT2D eigenvalue weighted by Crippen LogP contribution is -2.22. The van der Waals surface area contributed by atoms with E-state index in [0.717, 1.165) is 17.3 Å². The molecule has 1 nitrogen and oxygen atoms in total. The Hall–Kier alpha value is -0.000000000000000111. The van der Waals surface area contributed by atoms with Crippen molar-refractivity contribution in [3.05, 3.63) is 50.1 Å². The van der Waals surface area contributed by atoms with Gasteiger partial charge in [-0.15, -0.1) is 23.1 Å². The second kappa shape index (κ2) is 7.70. The molecule has 0 spiro atoms. The topological polar surface area (TPSA) is 12.0 Å². The molecule has 5 heteroatoms. The van der Waals surface area contributed by atoms with E-state index in [0.29, 0.717) is 6.04 Å². The summed E-state index contributed by atoms with van der Waals surface area (Å²) in [7, 11) is 0. The van der Waals surface area contributed by atoms with Gasteiger partial charge >= 0.3 is 0 Å². The number of benzene rings is 1. The highest BCUT2D eigenvalue weighted by Gasteiger charge is 2.15. The van der Waals surface area contributed by atoms with Gasteiger partial charge in [-0.25, -0.2) is 0 Å². The third-order valence-electron chi connectivity index (χ3n) is 2.62. The first-order valence-electron chi connectivity index (χ1n) is 6.05. The number of thioether (sulfide) groups is 1. The normalized spacial score (nSPS) is 12.6. The molecule has 0 radical (unpaired) electrons. The molecule has 1 aromatic heterocycles. The highest BCUT2D eigenvalue weighted by molar-refractivity contribution is 9.10. The first-order valence-corrected chi connectivity index (χ1v) is 9.09. The molecule has 0 amide bonds. The summed E-state index contributed by atoms with van der Waals surface area (Å²) >= 11 is 13.2. The van der Waals surface area contributed by atoms with Crippen LogP contribution in [0.15, 0.2) is 45.1 Å². The molecular weight excluding hydrogens is 362 g/mol. The monoisotopic (exact) mass is 375 g/mol. The van der Waals surface area contributed by atoms with Crippen LogP contribution in [0.4, 0.5) is 0 Å². The highest BCUT2D eigenvalue weighted by Crippen LogP contribution is 2.33. The Morgan fingerprint density at radius 1 is 1.42 bits per heavy atom. The van der Waals surface area contributed by atoms with Crippen molar-refractivity contribution in [1.82, 2.24) is 5.32 Å². The number of hydrogen-bond acceptors (Lipinski definition) is 3. The van der Waals surface area contributed by atoms with E-state index < -0.39 is 0 Å². The van der Waals surface area contributed by atoms with Gasteiger partial charge in [-0.3, -0.25) is 0 Å². The van der Waals surface area contributed by atoms with Crippen LogP contribution < -0.4 is 5.32 Å². The molecule has 0 bridgehead atoms. The maximum absolute atomic E-state index is 6.01. The van der Waals surface area contributed by atoms with Gasteiger partial charge in [0, 0.05) is 25.0 Å². The second-order valence-electron chi connectivity index (χ2n) is 4.01. The van der Waals surface area contributed by atoms with Gasteiger partial charge in [0.1, 0.15) is 0 Å². The maximum atomic E-state index is 6.01. The van der Waals surface area contributed by atoms with Gasteiger partial charge in [-0.2, -0.15) is 0 Å². The van der Waals surface area contributed by atoms with Crippen molar-refractivity contribution in [2.24, 2.45) is 0 Å². The van der Waals surface area contributed by atoms with E-state index in [1.165, 1.54) is 14.2 Å². The van der Waals surface area contributed by atoms with Crippen molar-refractivity contribution < 1.29 is 0 Å². The van der Waals surface area contributed by atoms with Gasteiger partial charge in [0.25, 0.3) is 0 Å². The zero-order chi connectivity index (χ0) is 13.7. The molecule has 0 saturated heterocycles. The smallest absolute Gasteiger partial charge is 0.0521 e. The van der Waals surface area contributed by atoms with Gasteiger partial charge in [-0.05, 0) is 52.1 Å². The molecule has 0 fully saturated rings. The number of rotatable bonds is 6. The average molecular weight is 377 g/mol. The molecule has 1 N–H and O–H groups in total. The van der Waals surface area contributed by atoms with Crippen LogP contribution in [0.3, 0.4) is 0 Å². The Bertz CT molecular complexity index is 530. The molecular formula is C14H15BrClNS2. The van der Waals surface area contributed by atoms with E-state index in [1.807, 2.05) is 30.0 Å². The quantitative estimate of drug-likeness (QED) is 0.658. The molecule has 0 aliphatic heterocycles. The van der Waals surface area contributed by atoms with E-state index in [4.69, 9.17) is 11.6 Å². The van der Waals surface area contributed by atoms with Crippen molar-refractivity contribution in [3.63, 3.8) is 0 Å². The lowest BCUT2D eigenvalue weighted by molar-refractivity contribution is 0.613. The predicted molar refractivity (Wildman–Crippen MR) is 90.6 cm³/mol. The summed E-state index contributed by atoms with van der Waals surface area (Å²) in [6.07, 6.45) is 0. The van der Waals surface area contributed by atoms with Gasteiger partial charge < -0.3 is 5.32 Å². The zero-order valence-corrected chi connectivity index (χ0v) is 14.5.